The molecule has 4 heteroatoms. The molecule has 0 fully saturated rings. The zero-order valence-corrected chi connectivity index (χ0v) is 7.43. The van der Waals surface area contributed by atoms with E-state index in [1.165, 1.54) is 13.2 Å². The van der Waals surface area contributed by atoms with Crippen molar-refractivity contribution in [2.75, 3.05) is 12.4 Å². The molecule has 1 heterocycles. The number of hydrogen-bond donors (Lipinski definition) is 1. The zero-order valence-electron chi connectivity index (χ0n) is 6.61. The number of nitrogens with one attached hydrogen (secondary N) is 1. The Balaban J connectivity index is 2.35. The number of ether oxygens (including phenoxy) is 1. The minimum Gasteiger partial charge on any atom is -0.466 e. The number of anilines is 1. The molecule has 64 valence electrons. The van der Waals surface area contributed by atoms with Gasteiger partial charge < -0.3 is 10.1 Å². The van der Waals surface area contributed by atoms with Gasteiger partial charge in [-0.2, -0.15) is 11.3 Å². The van der Waals surface area contributed by atoms with E-state index >= 15 is 0 Å². The van der Waals surface area contributed by atoms with Crippen molar-refractivity contribution in [3.05, 3.63) is 29.1 Å². The van der Waals surface area contributed by atoms with E-state index in [4.69, 9.17) is 0 Å². The highest BCUT2D eigenvalue weighted by atomic mass is 32.1. The van der Waals surface area contributed by atoms with Gasteiger partial charge in [0.2, 0.25) is 0 Å². The minimum absolute atomic E-state index is 0.363. The van der Waals surface area contributed by atoms with Crippen LogP contribution in [0.15, 0.2) is 29.1 Å². The second kappa shape index (κ2) is 4.56. The van der Waals surface area contributed by atoms with Crippen LogP contribution in [-0.2, 0) is 9.53 Å². The topological polar surface area (TPSA) is 38.3 Å². The molecule has 1 aromatic rings. The van der Waals surface area contributed by atoms with Gasteiger partial charge in [0.1, 0.15) is 0 Å². The lowest BCUT2D eigenvalue weighted by molar-refractivity contribution is -0.134. The Morgan fingerprint density at radius 2 is 2.58 bits per heavy atom. The van der Waals surface area contributed by atoms with Gasteiger partial charge in [0.25, 0.3) is 0 Å². The quantitative estimate of drug-likeness (QED) is 0.574. The summed E-state index contributed by atoms with van der Waals surface area (Å²) in [5.74, 6) is -0.363. The predicted molar refractivity (Wildman–Crippen MR) is 49.1 cm³/mol. The van der Waals surface area contributed by atoms with Crippen molar-refractivity contribution in [3.8, 4) is 0 Å². The van der Waals surface area contributed by atoms with E-state index in [-0.39, 0.29) is 5.97 Å². The van der Waals surface area contributed by atoms with E-state index in [1.807, 2.05) is 16.8 Å². The Bertz CT molecular complexity index is 267. The highest BCUT2D eigenvalue weighted by Crippen LogP contribution is 2.11. The number of thiophene rings is 1. The van der Waals surface area contributed by atoms with Gasteiger partial charge >= 0.3 is 5.97 Å². The van der Waals surface area contributed by atoms with Crippen LogP contribution >= 0.6 is 11.3 Å². The number of methoxy groups -OCH3 is 1. The molecule has 0 aliphatic heterocycles. The summed E-state index contributed by atoms with van der Waals surface area (Å²) in [5.41, 5.74) is 0.972. The summed E-state index contributed by atoms with van der Waals surface area (Å²) in [5, 5.41) is 6.82. The van der Waals surface area contributed by atoms with Crippen molar-refractivity contribution in [1.82, 2.24) is 0 Å². The van der Waals surface area contributed by atoms with Gasteiger partial charge in [-0.3, -0.25) is 0 Å². The Labute approximate surface area is 74.7 Å². The van der Waals surface area contributed by atoms with Crippen LogP contribution in [0.3, 0.4) is 0 Å². The van der Waals surface area contributed by atoms with Crippen LogP contribution in [0, 0.1) is 0 Å². The van der Waals surface area contributed by atoms with E-state index in [1.54, 1.807) is 17.5 Å². The summed E-state index contributed by atoms with van der Waals surface area (Å²) in [6.45, 7) is 0. The lowest BCUT2D eigenvalue weighted by atomic mass is 10.5. The lowest BCUT2D eigenvalue weighted by Crippen LogP contribution is -1.95. The van der Waals surface area contributed by atoms with Gasteiger partial charge in [0.05, 0.1) is 7.11 Å². The first-order chi connectivity index (χ1) is 5.83. The molecule has 1 N–H and O–H groups in total. The van der Waals surface area contributed by atoms with Gasteiger partial charge in [0.15, 0.2) is 0 Å². The first-order valence-electron chi connectivity index (χ1n) is 3.36. The number of rotatable bonds is 3. The molecule has 0 saturated heterocycles. The molecule has 0 spiro atoms. The maximum atomic E-state index is 10.6. The second-order valence-corrected chi connectivity index (χ2v) is 2.79. The summed E-state index contributed by atoms with van der Waals surface area (Å²) in [7, 11) is 1.34. The molecule has 0 unspecified atom stereocenters. The van der Waals surface area contributed by atoms with Crippen molar-refractivity contribution in [1.29, 1.82) is 0 Å². The predicted octanol–water partition coefficient (Wildman–Crippen LogP) is 1.85. The summed E-state index contributed by atoms with van der Waals surface area (Å²) in [6.07, 6.45) is 2.88. The Morgan fingerprint density at radius 3 is 3.17 bits per heavy atom. The van der Waals surface area contributed by atoms with E-state index in [0.29, 0.717) is 0 Å². The van der Waals surface area contributed by atoms with Crippen molar-refractivity contribution < 1.29 is 9.53 Å². The van der Waals surface area contributed by atoms with Crippen LogP contribution in [0.2, 0.25) is 0 Å². The Hall–Kier alpha value is -1.29. The molecule has 1 aromatic heterocycles. The third-order valence-electron chi connectivity index (χ3n) is 1.19. The van der Waals surface area contributed by atoms with Crippen LogP contribution in [0.1, 0.15) is 0 Å². The van der Waals surface area contributed by atoms with Crippen LogP contribution in [0.4, 0.5) is 5.69 Å². The smallest absolute Gasteiger partial charge is 0.331 e. The molecule has 0 aliphatic rings. The molecule has 0 amide bonds. The molecule has 3 nitrogen and oxygen atoms in total. The van der Waals surface area contributed by atoms with Gasteiger partial charge in [-0.25, -0.2) is 4.79 Å². The highest BCUT2D eigenvalue weighted by molar-refractivity contribution is 7.08. The van der Waals surface area contributed by atoms with E-state index < -0.39 is 0 Å². The van der Waals surface area contributed by atoms with Crippen LogP contribution in [0.5, 0.6) is 0 Å². The summed E-state index contributed by atoms with van der Waals surface area (Å²) < 4.78 is 4.41. The molecule has 1 rings (SSSR count). The standard InChI is InChI=1S/C8H9NO2S/c1-11-8(10)2-4-9-7-3-5-12-6-7/h2-6,9H,1H3/b4-2+. The fraction of sp³-hybridized carbons (Fsp3) is 0.125. The Morgan fingerprint density at radius 1 is 1.75 bits per heavy atom. The minimum atomic E-state index is -0.363. The third-order valence-corrected chi connectivity index (χ3v) is 1.88. The largest absolute Gasteiger partial charge is 0.466 e. The lowest BCUT2D eigenvalue weighted by Gasteiger charge is -1.93. The van der Waals surface area contributed by atoms with Gasteiger partial charge in [-0.1, -0.05) is 0 Å². The monoisotopic (exact) mass is 183 g/mol. The fourth-order valence-electron chi connectivity index (χ4n) is 0.621. The van der Waals surface area contributed by atoms with Gasteiger partial charge in [-0.05, 0) is 11.4 Å². The van der Waals surface area contributed by atoms with Crippen molar-refractivity contribution in [3.63, 3.8) is 0 Å². The van der Waals surface area contributed by atoms with E-state index in [9.17, 15) is 4.79 Å². The SMILES string of the molecule is COC(=O)/C=C/Nc1ccsc1. The zero-order chi connectivity index (χ0) is 8.81. The van der Waals surface area contributed by atoms with Crippen LogP contribution in [0.25, 0.3) is 0 Å². The molecule has 0 radical (unpaired) electrons. The Kier molecular flexibility index (Phi) is 3.35. The fourth-order valence-corrected chi connectivity index (χ4v) is 1.22. The molecular formula is C8H9NO2S. The first kappa shape index (κ1) is 8.80. The molecule has 0 saturated carbocycles. The maximum absolute atomic E-state index is 10.6. The summed E-state index contributed by atoms with van der Waals surface area (Å²) in [4.78, 5) is 10.6. The van der Waals surface area contributed by atoms with Crippen LogP contribution in [-0.4, -0.2) is 13.1 Å². The summed E-state index contributed by atoms with van der Waals surface area (Å²) in [6, 6.07) is 1.92. The number of hydrogen-bond acceptors (Lipinski definition) is 4. The van der Waals surface area contributed by atoms with Crippen LogP contribution < -0.4 is 5.32 Å². The molecule has 0 atom stereocenters. The molecule has 0 aliphatic carbocycles. The highest BCUT2D eigenvalue weighted by Gasteiger charge is 1.90. The summed E-state index contributed by atoms with van der Waals surface area (Å²) >= 11 is 1.59. The first-order valence-corrected chi connectivity index (χ1v) is 4.30. The number of esters is 1. The third kappa shape index (κ3) is 2.75. The normalized spacial score (nSPS) is 10.1. The van der Waals surface area contributed by atoms with Crippen molar-refractivity contribution in [2.45, 2.75) is 0 Å². The molecule has 0 aromatic carbocycles. The van der Waals surface area contributed by atoms with Gasteiger partial charge in [-0.15, -0.1) is 0 Å². The maximum Gasteiger partial charge on any atom is 0.331 e. The van der Waals surface area contributed by atoms with E-state index in [0.717, 1.165) is 5.69 Å². The van der Waals surface area contributed by atoms with Gasteiger partial charge in [0, 0.05) is 23.3 Å². The van der Waals surface area contributed by atoms with Crippen molar-refractivity contribution >= 4 is 23.0 Å². The number of carbonyl (C=O) groups excluding carboxylic acids is 1. The molecule has 0 bridgehead atoms. The van der Waals surface area contributed by atoms with E-state index in [2.05, 4.69) is 10.1 Å². The average molecular weight is 183 g/mol. The van der Waals surface area contributed by atoms with Crippen molar-refractivity contribution in [2.24, 2.45) is 0 Å². The molecule has 12 heavy (non-hydrogen) atoms. The average Bonchev–Trinajstić information content (AvgIpc) is 2.57. The second-order valence-electron chi connectivity index (χ2n) is 2.01. The molecular weight excluding hydrogens is 174 g/mol. The number of carbonyl (C=O) groups is 1.